The minimum atomic E-state index is -0.224. The summed E-state index contributed by atoms with van der Waals surface area (Å²) >= 11 is 6.10. The van der Waals surface area contributed by atoms with Crippen molar-refractivity contribution in [3.05, 3.63) is 53.1 Å². The molecule has 0 atom stereocenters. The maximum atomic E-state index is 12.2. The van der Waals surface area contributed by atoms with Gasteiger partial charge in [0.1, 0.15) is 5.75 Å². The molecule has 0 aromatic heterocycles. The Kier molecular flexibility index (Phi) is 6.75. The second-order valence-electron chi connectivity index (χ2n) is 4.96. The quantitative estimate of drug-likeness (QED) is 0.740. The SMILES string of the molecule is COc1cc(C(=O)NCCCOc2ccccc2)cc(Cl)c1OC. The molecule has 0 aliphatic heterocycles. The third-order valence-electron chi connectivity index (χ3n) is 3.31. The Hall–Kier alpha value is -2.40. The highest BCUT2D eigenvalue weighted by Crippen LogP contribution is 2.35. The van der Waals surface area contributed by atoms with Crippen LogP contribution in [0.25, 0.3) is 0 Å². The van der Waals surface area contributed by atoms with Crippen molar-refractivity contribution in [2.24, 2.45) is 0 Å². The molecular weight excluding hydrogens is 330 g/mol. The zero-order valence-corrected chi connectivity index (χ0v) is 14.4. The van der Waals surface area contributed by atoms with Gasteiger partial charge in [-0.25, -0.2) is 0 Å². The van der Waals surface area contributed by atoms with Crippen molar-refractivity contribution in [2.75, 3.05) is 27.4 Å². The van der Waals surface area contributed by atoms with E-state index in [-0.39, 0.29) is 5.91 Å². The fourth-order valence-corrected chi connectivity index (χ4v) is 2.42. The highest BCUT2D eigenvalue weighted by molar-refractivity contribution is 6.32. The molecule has 0 fully saturated rings. The number of ether oxygens (including phenoxy) is 3. The first-order chi connectivity index (χ1) is 11.7. The first-order valence-electron chi connectivity index (χ1n) is 7.53. The molecule has 1 amide bonds. The Morgan fingerprint density at radius 2 is 1.88 bits per heavy atom. The summed E-state index contributed by atoms with van der Waals surface area (Å²) in [4.78, 5) is 12.2. The molecular formula is C18H20ClNO4. The van der Waals surface area contributed by atoms with E-state index in [1.54, 1.807) is 12.1 Å². The van der Waals surface area contributed by atoms with Crippen molar-refractivity contribution in [1.29, 1.82) is 0 Å². The fraction of sp³-hybridized carbons (Fsp3) is 0.278. The summed E-state index contributed by atoms with van der Waals surface area (Å²) in [6.45, 7) is 1.02. The molecule has 0 unspecified atom stereocenters. The number of rotatable bonds is 8. The van der Waals surface area contributed by atoms with Crippen molar-refractivity contribution in [3.8, 4) is 17.2 Å². The molecule has 2 aromatic carbocycles. The number of halogens is 1. The number of para-hydroxylation sites is 1. The first kappa shape index (κ1) is 17.9. The lowest BCUT2D eigenvalue weighted by Crippen LogP contribution is -2.25. The second kappa shape index (κ2) is 9.03. The summed E-state index contributed by atoms with van der Waals surface area (Å²) < 4.78 is 15.9. The van der Waals surface area contributed by atoms with Gasteiger partial charge in [-0.1, -0.05) is 29.8 Å². The molecule has 0 saturated heterocycles. The summed E-state index contributed by atoms with van der Waals surface area (Å²) in [7, 11) is 2.99. The zero-order valence-electron chi connectivity index (χ0n) is 13.7. The number of amides is 1. The largest absolute Gasteiger partial charge is 0.494 e. The van der Waals surface area contributed by atoms with Gasteiger partial charge in [-0.3, -0.25) is 4.79 Å². The van der Waals surface area contributed by atoms with Crippen LogP contribution in [0.2, 0.25) is 5.02 Å². The Bertz CT molecular complexity index is 676. The number of hydrogen-bond acceptors (Lipinski definition) is 4. The second-order valence-corrected chi connectivity index (χ2v) is 5.37. The van der Waals surface area contributed by atoms with Gasteiger partial charge in [0.2, 0.25) is 0 Å². The number of nitrogens with one attached hydrogen (secondary N) is 1. The van der Waals surface area contributed by atoms with Gasteiger partial charge in [0.25, 0.3) is 5.91 Å². The van der Waals surface area contributed by atoms with Crippen LogP contribution in [0.3, 0.4) is 0 Å². The zero-order chi connectivity index (χ0) is 17.4. The number of benzene rings is 2. The average Bonchev–Trinajstić information content (AvgIpc) is 2.61. The highest BCUT2D eigenvalue weighted by Gasteiger charge is 2.14. The smallest absolute Gasteiger partial charge is 0.251 e. The van der Waals surface area contributed by atoms with Crippen molar-refractivity contribution in [2.45, 2.75) is 6.42 Å². The van der Waals surface area contributed by atoms with Crippen LogP contribution in [0.1, 0.15) is 16.8 Å². The summed E-state index contributed by atoms with van der Waals surface area (Å²) in [6, 6.07) is 12.7. The average molecular weight is 350 g/mol. The Morgan fingerprint density at radius 3 is 2.54 bits per heavy atom. The molecule has 2 rings (SSSR count). The third-order valence-corrected chi connectivity index (χ3v) is 3.60. The van der Waals surface area contributed by atoms with Crippen LogP contribution in [0.15, 0.2) is 42.5 Å². The molecule has 128 valence electrons. The van der Waals surface area contributed by atoms with Crippen molar-refractivity contribution in [3.63, 3.8) is 0 Å². The highest BCUT2D eigenvalue weighted by atomic mass is 35.5. The van der Waals surface area contributed by atoms with Crippen LogP contribution in [-0.4, -0.2) is 33.3 Å². The van der Waals surface area contributed by atoms with Gasteiger partial charge in [0, 0.05) is 12.1 Å². The van der Waals surface area contributed by atoms with Crippen LogP contribution in [0, 0.1) is 0 Å². The number of hydrogen-bond donors (Lipinski definition) is 1. The van der Waals surface area contributed by atoms with Gasteiger partial charge in [0.05, 0.1) is 25.8 Å². The minimum Gasteiger partial charge on any atom is -0.494 e. The van der Waals surface area contributed by atoms with Gasteiger partial charge in [-0.15, -0.1) is 0 Å². The lowest BCUT2D eigenvalue weighted by molar-refractivity contribution is 0.0951. The lowest BCUT2D eigenvalue weighted by atomic mass is 10.2. The van der Waals surface area contributed by atoms with Crippen LogP contribution in [0.5, 0.6) is 17.2 Å². The van der Waals surface area contributed by atoms with Crippen LogP contribution < -0.4 is 19.5 Å². The van der Waals surface area contributed by atoms with E-state index < -0.39 is 0 Å². The summed E-state index contributed by atoms with van der Waals surface area (Å²) in [5, 5.41) is 3.16. The van der Waals surface area contributed by atoms with Crippen LogP contribution in [-0.2, 0) is 0 Å². The maximum absolute atomic E-state index is 12.2. The first-order valence-corrected chi connectivity index (χ1v) is 7.91. The number of methoxy groups -OCH3 is 2. The normalized spacial score (nSPS) is 10.1. The maximum Gasteiger partial charge on any atom is 0.251 e. The van der Waals surface area contributed by atoms with Crippen molar-refractivity contribution >= 4 is 17.5 Å². The third kappa shape index (κ3) is 4.80. The van der Waals surface area contributed by atoms with Gasteiger partial charge in [-0.2, -0.15) is 0 Å². The molecule has 0 aliphatic rings. The van der Waals surface area contributed by atoms with Crippen molar-refractivity contribution < 1.29 is 19.0 Å². The topological polar surface area (TPSA) is 56.8 Å². The molecule has 0 radical (unpaired) electrons. The number of carbonyl (C=O) groups is 1. The molecule has 5 nitrogen and oxygen atoms in total. The predicted molar refractivity (Wildman–Crippen MR) is 93.4 cm³/mol. The molecule has 0 heterocycles. The number of carbonyl (C=O) groups excluding carboxylic acids is 1. The molecule has 0 saturated carbocycles. The Morgan fingerprint density at radius 1 is 1.12 bits per heavy atom. The molecule has 1 N–H and O–H groups in total. The minimum absolute atomic E-state index is 0.224. The molecule has 2 aromatic rings. The van der Waals surface area contributed by atoms with Crippen LogP contribution >= 0.6 is 11.6 Å². The van der Waals surface area contributed by atoms with E-state index in [1.165, 1.54) is 14.2 Å². The van der Waals surface area contributed by atoms with E-state index in [0.29, 0.717) is 41.7 Å². The van der Waals surface area contributed by atoms with E-state index in [9.17, 15) is 4.79 Å². The summed E-state index contributed by atoms with van der Waals surface area (Å²) in [5.41, 5.74) is 0.418. The van der Waals surface area contributed by atoms with Gasteiger partial charge in [0.15, 0.2) is 11.5 Å². The molecule has 0 aliphatic carbocycles. The molecule has 6 heteroatoms. The predicted octanol–water partition coefficient (Wildman–Crippen LogP) is 3.56. The standard InChI is InChI=1S/C18H20ClNO4/c1-22-16-12-13(11-15(19)17(16)23-2)18(21)20-9-6-10-24-14-7-4-3-5-8-14/h3-5,7-8,11-12H,6,9-10H2,1-2H3,(H,20,21). The van der Waals surface area contributed by atoms with E-state index in [2.05, 4.69) is 5.32 Å². The molecule has 24 heavy (non-hydrogen) atoms. The molecule has 0 bridgehead atoms. The monoisotopic (exact) mass is 349 g/mol. The fourth-order valence-electron chi connectivity index (χ4n) is 2.13. The molecule has 0 spiro atoms. The lowest BCUT2D eigenvalue weighted by Gasteiger charge is -2.12. The van der Waals surface area contributed by atoms with E-state index >= 15 is 0 Å². The van der Waals surface area contributed by atoms with Crippen LogP contribution in [0.4, 0.5) is 0 Å². The summed E-state index contributed by atoms with van der Waals surface area (Å²) in [6.07, 6.45) is 0.696. The van der Waals surface area contributed by atoms with Crippen molar-refractivity contribution in [1.82, 2.24) is 5.32 Å². The van der Waals surface area contributed by atoms with E-state index in [4.69, 9.17) is 25.8 Å². The van der Waals surface area contributed by atoms with E-state index in [0.717, 1.165) is 5.75 Å². The van der Waals surface area contributed by atoms with E-state index in [1.807, 2.05) is 30.3 Å². The van der Waals surface area contributed by atoms with Gasteiger partial charge >= 0.3 is 0 Å². The van der Waals surface area contributed by atoms with Gasteiger partial charge in [-0.05, 0) is 30.7 Å². The Labute approximate surface area is 146 Å². The van der Waals surface area contributed by atoms with Gasteiger partial charge < -0.3 is 19.5 Å². The Balaban J connectivity index is 1.83. The summed E-state index contributed by atoms with van der Waals surface area (Å²) in [5.74, 6) is 1.42.